The second kappa shape index (κ2) is 42.1. The lowest BCUT2D eigenvalue weighted by Gasteiger charge is -2.37. The highest BCUT2D eigenvalue weighted by molar-refractivity contribution is 5.66. The monoisotopic (exact) mass is 728 g/mol. The maximum absolute atomic E-state index is 10.3. The van der Waals surface area contributed by atoms with Crippen LogP contribution in [0.2, 0.25) is 0 Å². The van der Waals surface area contributed by atoms with E-state index in [0.717, 1.165) is 12.8 Å². The Hall–Kier alpha value is -1.27. The number of aliphatic carboxylic acids is 1. The van der Waals surface area contributed by atoms with Crippen LogP contribution in [0, 0.1) is 0 Å². The van der Waals surface area contributed by atoms with Crippen LogP contribution in [0.1, 0.15) is 96.8 Å². The number of carbonyl (C=O) groups is 1. The van der Waals surface area contributed by atoms with Gasteiger partial charge in [0.15, 0.2) is 0 Å². The molecule has 0 aliphatic rings. The lowest BCUT2D eigenvalue weighted by atomic mass is 10.0. The van der Waals surface area contributed by atoms with E-state index in [-0.39, 0.29) is 92.5 Å². The van der Waals surface area contributed by atoms with Gasteiger partial charge in [0.05, 0.1) is 92.5 Å². The fraction of sp³-hybridized carbons (Fsp3) is 0.917. The van der Waals surface area contributed by atoms with Crippen molar-refractivity contribution in [2.24, 2.45) is 0 Å². The van der Waals surface area contributed by atoms with Gasteiger partial charge in [0.2, 0.25) is 0 Å². The number of ether oxygens (including phenoxy) is 6. The highest BCUT2D eigenvalue weighted by atomic mass is 16.6. The standard InChI is InChI=1S/C18H38O12.C18H34O2/c19-1-7-25-13-15(27-9-3-21)17(29-11-5-23)18(30-12-6-24)16(28-10-4-22)14-26-8-2-20;1-2-3-4-5-6-7-8-9-10-11-12-13-14-15-16-17-18(19)20/h15-24H,1-14H2;9-10H,2-8,11-17H2,1H3,(H,19,20)/b;10-9-. The predicted octanol–water partition coefficient (Wildman–Crippen LogP) is 2.62. The molecular formula is C36H72O14. The quantitative estimate of drug-likeness (QED) is 0.0360. The molecular weight excluding hydrogens is 656 g/mol. The van der Waals surface area contributed by atoms with Crippen molar-refractivity contribution in [2.45, 2.75) is 121 Å². The molecule has 0 aromatic rings. The zero-order valence-electron chi connectivity index (χ0n) is 30.8. The minimum Gasteiger partial charge on any atom is -0.481 e. The van der Waals surface area contributed by atoms with Gasteiger partial charge >= 0.3 is 5.97 Å². The second-order valence-electron chi connectivity index (χ2n) is 11.7. The van der Waals surface area contributed by atoms with Crippen molar-refractivity contribution in [3.63, 3.8) is 0 Å². The number of unbranched alkanes of at least 4 members (excludes halogenated alkanes) is 11. The lowest BCUT2D eigenvalue weighted by molar-refractivity contribution is -0.203. The van der Waals surface area contributed by atoms with Crippen LogP contribution in [-0.4, -0.2) is 159 Å². The van der Waals surface area contributed by atoms with E-state index in [9.17, 15) is 15.0 Å². The van der Waals surface area contributed by atoms with Crippen molar-refractivity contribution in [2.75, 3.05) is 92.5 Å². The molecule has 0 spiro atoms. The van der Waals surface area contributed by atoms with Gasteiger partial charge in [-0.1, -0.05) is 70.4 Å². The highest BCUT2D eigenvalue weighted by Crippen LogP contribution is 2.20. The van der Waals surface area contributed by atoms with E-state index in [1.807, 2.05) is 0 Å². The van der Waals surface area contributed by atoms with E-state index < -0.39 is 30.4 Å². The first-order valence-corrected chi connectivity index (χ1v) is 18.6. The van der Waals surface area contributed by atoms with Crippen LogP contribution in [0.3, 0.4) is 0 Å². The molecule has 300 valence electrons. The first-order valence-electron chi connectivity index (χ1n) is 18.6. The molecule has 0 heterocycles. The minimum absolute atomic E-state index is 0.0140. The fourth-order valence-corrected chi connectivity index (χ4v) is 4.96. The normalized spacial score (nSPS) is 14.0. The largest absolute Gasteiger partial charge is 0.481 e. The van der Waals surface area contributed by atoms with Crippen LogP contribution >= 0.6 is 0 Å². The lowest BCUT2D eigenvalue weighted by Crippen LogP contribution is -2.53. The molecule has 50 heavy (non-hydrogen) atoms. The molecule has 0 bridgehead atoms. The third kappa shape index (κ3) is 33.9. The summed E-state index contributed by atoms with van der Waals surface area (Å²) in [6.07, 6.45) is 17.9. The summed E-state index contributed by atoms with van der Waals surface area (Å²) >= 11 is 0. The zero-order chi connectivity index (χ0) is 37.3. The molecule has 14 heteroatoms. The van der Waals surface area contributed by atoms with Crippen molar-refractivity contribution in [3.05, 3.63) is 12.2 Å². The van der Waals surface area contributed by atoms with E-state index in [2.05, 4.69) is 19.1 Å². The topological polar surface area (TPSA) is 214 Å². The van der Waals surface area contributed by atoms with Crippen molar-refractivity contribution < 1.29 is 69.0 Å². The maximum Gasteiger partial charge on any atom is 0.303 e. The Balaban J connectivity index is 0. The summed E-state index contributed by atoms with van der Waals surface area (Å²) in [6, 6.07) is 0. The molecule has 4 unspecified atom stereocenters. The molecule has 0 aliphatic heterocycles. The van der Waals surface area contributed by atoms with Gasteiger partial charge in [0, 0.05) is 6.42 Å². The Morgan fingerprint density at radius 2 is 0.860 bits per heavy atom. The number of allylic oxidation sites excluding steroid dienone is 2. The molecule has 4 atom stereocenters. The van der Waals surface area contributed by atoms with Crippen LogP contribution in [0.4, 0.5) is 0 Å². The minimum atomic E-state index is -0.879. The van der Waals surface area contributed by atoms with Crippen LogP contribution in [0.15, 0.2) is 12.2 Å². The molecule has 0 amide bonds. The van der Waals surface area contributed by atoms with Gasteiger partial charge in [-0.3, -0.25) is 4.79 Å². The van der Waals surface area contributed by atoms with Crippen LogP contribution < -0.4 is 0 Å². The summed E-state index contributed by atoms with van der Waals surface area (Å²) < 4.78 is 33.5. The second-order valence-corrected chi connectivity index (χ2v) is 11.7. The maximum atomic E-state index is 10.3. The number of rotatable bonds is 38. The van der Waals surface area contributed by atoms with E-state index >= 15 is 0 Å². The zero-order valence-corrected chi connectivity index (χ0v) is 30.8. The van der Waals surface area contributed by atoms with E-state index in [4.69, 9.17) is 54.0 Å². The first kappa shape index (κ1) is 50.8. The molecule has 0 aromatic heterocycles. The Kier molecular flexibility index (Phi) is 42.9. The Morgan fingerprint density at radius 3 is 1.24 bits per heavy atom. The third-order valence-electron chi connectivity index (χ3n) is 7.39. The van der Waals surface area contributed by atoms with Gasteiger partial charge in [-0.05, 0) is 32.1 Å². The highest BCUT2D eigenvalue weighted by Gasteiger charge is 2.38. The van der Waals surface area contributed by atoms with Gasteiger partial charge in [-0.2, -0.15) is 0 Å². The summed E-state index contributed by atoms with van der Waals surface area (Å²) in [6.45, 7) is 0.694. The molecule has 14 nitrogen and oxygen atoms in total. The average molecular weight is 729 g/mol. The fourth-order valence-electron chi connectivity index (χ4n) is 4.96. The van der Waals surface area contributed by atoms with Crippen molar-refractivity contribution >= 4 is 5.97 Å². The Bertz CT molecular complexity index is 668. The van der Waals surface area contributed by atoms with Crippen molar-refractivity contribution in [1.82, 2.24) is 0 Å². The molecule has 0 saturated carbocycles. The number of hydrogen-bond acceptors (Lipinski definition) is 13. The van der Waals surface area contributed by atoms with E-state index in [1.165, 1.54) is 70.6 Å². The Morgan fingerprint density at radius 1 is 0.500 bits per heavy atom. The molecule has 0 saturated heterocycles. The summed E-state index contributed by atoms with van der Waals surface area (Å²) in [7, 11) is 0. The van der Waals surface area contributed by atoms with Gasteiger partial charge < -0.3 is 64.2 Å². The molecule has 0 rings (SSSR count). The number of carboxylic acid groups (broad SMARTS) is 1. The number of aliphatic hydroxyl groups is 6. The van der Waals surface area contributed by atoms with Gasteiger partial charge in [-0.25, -0.2) is 0 Å². The van der Waals surface area contributed by atoms with Gasteiger partial charge in [0.25, 0.3) is 0 Å². The van der Waals surface area contributed by atoms with Crippen LogP contribution in [0.5, 0.6) is 0 Å². The summed E-state index contributed by atoms with van der Waals surface area (Å²) in [5.41, 5.74) is 0. The summed E-state index contributed by atoms with van der Waals surface area (Å²) in [5, 5.41) is 63.2. The molecule has 7 N–H and O–H groups in total. The third-order valence-corrected chi connectivity index (χ3v) is 7.39. The van der Waals surface area contributed by atoms with Gasteiger partial charge in [0.1, 0.15) is 24.4 Å². The van der Waals surface area contributed by atoms with Crippen molar-refractivity contribution in [1.29, 1.82) is 0 Å². The molecule has 0 aliphatic carbocycles. The Labute approximate surface area is 300 Å². The van der Waals surface area contributed by atoms with Crippen LogP contribution in [-0.2, 0) is 33.2 Å². The average Bonchev–Trinajstić information content (AvgIpc) is 3.11. The summed E-state index contributed by atoms with van der Waals surface area (Å²) in [4.78, 5) is 10.3. The molecule has 0 fully saturated rings. The van der Waals surface area contributed by atoms with Crippen molar-refractivity contribution in [3.8, 4) is 0 Å². The number of carboxylic acids is 1. The van der Waals surface area contributed by atoms with E-state index in [0.29, 0.717) is 6.42 Å². The van der Waals surface area contributed by atoms with E-state index in [1.54, 1.807) is 0 Å². The van der Waals surface area contributed by atoms with Gasteiger partial charge in [-0.15, -0.1) is 0 Å². The number of hydrogen-bond donors (Lipinski definition) is 7. The molecule has 0 radical (unpaired) electrons. The molecule has 0 aromatic carbocycles. The SMILES string of the molecule is CCCCCCCC/C=C\CCCCCCCC(=O)O.OCCOCC(OCCO)C(OCCO)C(OCCO)C(COCCO)OCCO. The summed E-state index contributed by atoms with van der Waals surface area (Å²) in [5.74, 6) is -0.664. The predicted molar refractivity (Wildman–Crippen MR) is 190 cm³/mol. The number of aliphatic hydroxyl groups excluding tert-OH is 6. The first-order chi connectivity index (χ1) is 24.5. The smallest absolute Gasteiger partial charge is 0.303 e. The van der Waals surface area contributed by atoms with Crippen LogP contribution in [0.25, 0.3) is 0 Å².